The molecule has 0 spiro atoms. The third kappa shape index (κ3) is 4.96. The van der Waals surface area contributed by atoms with E-state index in [4.69, 9.17) is 0 Å². The van der Waals surface area contributed by atoms with Crippen molar-refractivity contribution in [1.82, 2.24) is 4.90 Å². The lowest BCUT2D eigenvalue weighted by Gasteiger charge is -2.49. The van der Waals surface area contributed by atoms with E-state index in [-0.39, 0.29) is 0 Å². The van der Waals surface area contributed by atoms with Crippen LogP contribution < -0.4 is 0 Å². The van der Waals surface area contributed by atoms with Crippen molar-refractivity contribution in [2.45, 2.75) is 16.9 Å². The van der Waals surface area contributed by atoms with E-state index in [0.717, 1.165) is 43.2 Å². The quantitative estimate of drug-likeness (QED) is 0.247. The highest BCUT2D eigenvalue weighted by atomic mass is 32.2. The Hall–Kier alpha value is -3.19. The molecule has 0 amide bonds. The minimum atomic E-state index is -4.34. The number of nitrogens with zero attached hydrogens (tertiary/aromatic N) is 1. The number of hydrogen-bond donors (Lipinski definition) is 0. The number of fused-ring (bicyclic) bond motifs is 2. The summed E-state index contributed by atoms with van der Waals surface area (Å²) in [6, 6.07) is 39.8. The summed E-state index contributed by atoms with van der Waals surface area (Å²) in [6.07, 6.45) is -4.34. The minimum Gasteiger partial charge on any atom is -0.262 e. The van der Waals surface area contributed by atoms with Gasteiger partial charge in [-0.05, 0) is 22.3 Å². The first-order valence-corrected chi connectivity index (χ1v) is 14.1. The summed E-state index contributed by atoms with van der Waals surface area (Å²) in [5.41, 5.74) is 5.78. The normalized spacial score (nSPS) is 20.1. The first kappa shape index (κ1) is 25.1. The largest absolute Gasteiger partial charge is 0.401 e. The van der Waals surface area contributed by atoms with Crippen LogP contribution in [0.1, 0.15) is 22.3 Å². The van der Waals surface area contributed by atoms with Crippen molar-refractivity contribution in [2.24, 2.45) is 0 Å². The van der Waals surface area contributed by atoms with Gasteiger partial charge in [-0.1, -0.05) is 121 Å². The van der Waals surface area contributed by atoms with Gasteiger partial charge >= 0.3 is 6.18 Å². The number of alkyl halides is 3. The molecule has 190 valence electrons. The van der Waals surface area contributed by atoms with Crippen molar-refractivity contribution in [3.63, 3.8) is 0 Å². The van der Waals surface area contributed by atoms with Crippen LogP contribution in [0.5, 0.6) is 0 Å². The number of rotatable bonds is 5. The zero-order valence-corrected chi connectivity index (χ0v) is 21.9. The highest BCUT2D eigenvalue weighted by Gasteiger charge is 2.48. The third-order valence-electron chi connectivity index (χ3n) is 6.65. The average molecular weight is 544 g/mol. The topological polar surface area (TPSA) is 3.24 Å². The monoisotopic (exact) mass is 543 g/mol. The van der Waals surface area contributed by atoms with Crippen LogP contribution in [0.15, 0.2) is 121 Å². The van der Waals surface area contributed by atoms with Gasteiger partial charge in [0.15, 0.2) is 0 Å². The van der Waals surface area contributed by atoms with E-state index in [1.54, 1.807) is 4.90 Å². The molecular weight excluding hydrogens is 519 g/mol. The van der Waals surface area contributed by atoms with Gasteiger partial charge in [-0.15, -0.1) is 23.5 Å². The van der Waals surface area contributed by atoms with Crippen molar-refractivity contribution in [3.05, 3.63) is 144 Å². The molecular formula is C32H24F3NS2. The lowest BCUT2D eigenvalue weighted by atomic mass is 9.97. The van der Waals surface area contributed by atoms with E-state index < -0.39 is 23.5 Å². The Bertz CT molecular complexity index is 1360. The molecule has 0 fully saturated rings. The zero-order valence-electron chi connectivity index (χ0n) is 20.3. The van der Waals surface area contributed by atoms with Crippen LogP contribution in [0, 0.1) is 0 Å². The zero-order chi connectivity index (χ0) is 26.1. The molecule has 0 N–H and O–H groups in total. The second-order valence-electron chi connectivity index (χ2n) is 9.18. The number of benzene rings is 4. The molecule has 0 saturated heterocycles. The molecule has 0 saturated carbocycles. The van der Waals surface area contributed by atoms with Crippen molar-refractivity contribution in [3.8, 4) is 0 Å². The number of halogens is 3. The van der Waals surface area contributed by atoms with Crippen molar-refractivity contribution < 1.29 is 13.2 Å². The Morgan fingerprint density at radius 3 is 1.13 bits per heavy atom. The first-order valence-electron chi connectivity index (χ1n) is 12.4. The summed E-state index contributed by atoms with van der Waals surface area (Å²) >= 11 is 3.05. The van der Waals surface area contributed by atoms with Crippen LogP contribution in [-0.2, 0) is 0 Å². The molecule has 4 aromatic carbocycles. The molecule has 0 aliphatic carbocycles. The maximum Gasteiger partial charge on any atom is 0.401 e. The molecule has 1 nitrogen and oxygen atoms in total. The molecule has 4 aromatic rings. The van der Waals surface area contributed by atoms with Gasteiger partial charge in [0, 0.05) is 21.0 Å². The summed E-state index contributed by atoms with van der Waals surface area (Å²) < 4.78 is 42.5. The summed E-state index contributed by atoms with van der Waals surface area (Å²) in [7, 11) is 0. The van der Waals surface area contributed by atoms with E-state index in [2.05, 4.69) is 24.3 Å². The Balaban J connectivity index is 1.62. The van der Waals surface area contributed by atoms with Gasteiger partial charge in [0.05, 0.1) is 17.3 Å². The van der Waals surface area contributed by atoms with Gasteiger partial charge in [-0.2, -0.15) is 13.2 Å². The molecule has 2 heterocycles. The first-order chi connectivity index (χ1) is 18.5. The van der Waals surface area contributed by atoms with Gasteiger partial charge in [0.25, 0.3) is 0 Å². The standard InChI is InChI=1S/C32H24F3NS2/c33-32(34,35)21-36-30-26(22-13-5-1-6-14-22)28(24-17-9-3-10-18-24)37-31(36)27(23-15-7-2-8-16-23)29(38-30)25-19-11-4-12-20-25/h1-20,30-31H,21H2. The van der Waals surface area contributed by atoms with Gasteiger partial charge in [0.2, 0.25) is 0 Å². The maximum absolute atomic E-state index is 14.2. The van der Waals surface area contributed by atoms with Gasteiger partial charge in [-0.3, -0.25) is 4.90 Å². The molecule has 0 radical (unpaired) electrons. The van der Waals surface area contributed by atoms with E-state index >= 15 is 0 Å². The van der Waals surface area contributed by atoms with E-state index in [1.807, 2.05) is 97.1 Å². The Labute approximate surface area is 229 Å². The fourth-order valence-electron chi connectivity index (χ4n) is 5.06. The van der Waals surface area contributed by atoms with Crippen molar-refractivity contribution in [2.75, 3.05) is 6.54 Å². The molecule has 2 aliphatic heterocycles. The number of thioether (sulfide) groups is 2. The molecule has 2 atom stereocenters. The summed E-state index contributed by atoms with van der Waals surface area (Å²) in [5.74, 6) is 0. The van der Waals surface area contributed by atoms with Gasteiger partial charge in [0.1, 0.15) is 0 Å². The van der Waals surface area contributed by atoms with E-state index in [0.29, 0.717) is 0 Å². The SMILES string of the molecule is FC(F)(F)CN1C2SC(c3ccccc3)=C(c3ccccc3)C1SC(c1ccccc1)=C2c1ccccc1. The fourth-order valence-corrected chi connectivity index (χ4v) is 8.40. The molecule has 2 bridgehead atoms. The highest BCUT2D eigenvalue weighted by Crippen LogP contribution is 2.60. The Morgan fingerprint density at radius 1 is 0.500 bits per heavy atom. The van der Waals surface area contributed by atoms with E-state index in [1.165, 1.54) is 23.5 Å². The Morgan fingerprint density at radius 2 is 0.816 bits per heavy atom. The minimum absolute atomic E-state index is 0.511. The summed E-state index contributed by atoms with van der Waals surface area (Å²) in [4.78, 5) is 3.69. The van der Waals surface area contributed by atoms with Crippen LogP contribution in [0.2, 0.25) is 0 Å². The molecule has 0 aromatic heterocycles. The van der Waals surface area contributed by atoms with Crippen LogP contribution >= 0.6 is 23.5 Å². The Kier molecular flexibility index (Phi) is 6.95. The molecule has 2 unspecified atom stereocenters. The second kappa shape index (κ2) is 10.5. The fraction of sp³-hybridized carbons (Fsp3) is 0.125. The van der Waals surface area contributed by atoms with Crippen LogP contribution in [-0.4, -0.2) is 28.4 Å². The molecule has 6 heteroatoms. The predicted molar refractivity (Wildman–Crippen MR) is 155 cm³/mol. The third-order valence-corrected chi connectivity index (χ3v) is 9.49. The van der Waals surface area contributed by atoms with Crippen LogP contribution in [0.25, 0.3) is 21.0 Å². The number of hydrogen-bond acceptors (Lipinski definition) is 3. The smallest absolute Gasteiger partial charge is 0.262 e. The average Bonchev–Trinajstić information content (AvgIpc) is 2.94. The van der Waals surface area contributed by atoms with Gasteiger partial charge < -0.3 is 0 Å². The lowest BCUT2D eigenvalue weighted by molar-refractivity contribution is -0.145. The summed E-state index contributed by atoms with van der Waals surface area (Å²) in [5, 5.41) is -1.02. The van der Waals surface area contributed by atoms with Crippen molar-refractivity contribution in [1.29, 1.82) is 0 Å². The lowest BCUT2D eigenvalue weighted by Crippen LogP contribution is -2.50. The second-order valence-corrected chi connectivity index (χ2v) is 11.4. The molecule has 38 heavy (non-hydrogen) atoms. The van der Waals surface area contributed by atoms with Crippen LogP contribution in [0.3, 0.4) is 0 Å². The molecule has 6 rings (SSSR count). The highest BCUT2D eigenvalue weighted by molar-refractivity contribution is 8.12. The predicted octanol–water partition coefficient (Wildman–Crippen LogP) is 9.13. The van der Waals surface area contributed by atoms with Gasteiger partial charge in [-0.25, -0.2) is 0 Å². The van der Waals surface area contributed by atoms with E-state index in [9.17, 15) is 13.2 Å². The summed E-state index contributed by atoms with van der Waals surface area (Å²) in [6.45, 7) is -0.987. The van der Waals surface area contributed by atoms with Crippen LogP contribution in [0.4, 0.5) is 13.2 Å². The molecule has 2 aliphatic rings. The van der Waals surface area contributed by atoms with Crippen molar-refractivity contribution >= 4 is 44.5 Å². The maximum atomic E-state index is 14.2.